The molecule has 0 N–H and O–H groups in total. The van der Waals surface area contributed by atoms with Crippen molar-refractivity contribution in [3.8, 4) is 5.75 Å². The minimum Gasteiger partial charge on any atom is -0.434 e. The van der Waals surface area contributed by atoms with E-state index in [0.29, 0.717) is 0 Å². The summed E-state index contributed by atoms with van der Waals surface area (Å²) in [6, 6.07) is 6.31. The maximum Gasteiger partial charge on any atom is 0.387 e. The minimum atomic E-state index is -3.12. The van der Waals surface area contributed by atoms with Crippen molar-refractivity contribution in [3.05, 3.63) is 67.0 Å². The number of carbonyl (C=O) groups excluding carboxylic acids is 1. The van der Waals surface area contributed by atoms with Crippen LogP contribution in [0, 0.1) is 10.1 Å². The molecule has 1 aromatic heterocycles. The smallest absolute Gasteiger partial charge is 0.387 e. The van der Waals surface area contributed by atoms with E-state index in [2.05, 4.69) is 20.7 Å². The Hall–Kier alpha value is -2.62. The number of hydrogen-bond acceptors (Lipinski definition) is 5. The molecule has 0 bridgehead atoms. The van der Waals surface area contributed by atoms with Crippen LogP contribution in [0.3, 0.4) is 0 Å². The van der Waals surface area contributed by atoms with Crippen LogP contribution in [0.5, 0.6) is 5.75 Å². The highest BCUT2D eigenvalue weighted by atomic mass is 79.9. The number of benzene rings is 1. The van der Waals surface area contributed by atoms with Gasteiger partial charge in [0.1, 0.15) is 5.75 Å². The first-order valence-electron chi connectivity index (χ1n) is 6.41. The first-order chi connectivity index (χ1) is 11.3. The second-order valence-corrected chi connectivity index (χ2v) is 5.39. The molecule has 0 amide bonds. The second-order valence-electron chi connectivity index (χ2n) is 4.53. The third-order valence-electron chi connectivity index (χ3n) is 2.96. The summed E-state index contributed by atoms with van der Waals surface area (Å²) in [6.07, 6.45) is 0.904. The number of ether oxygens (including phenoxy) is 1. The number of carbonyl (C=O) groups is 1. The van der Waals surface area contributed by atoms with Gasteiger partial charge in [-0.2, -0.15) is 8.78 Å². The average Bonchev–Trinajstić information content (AvgIpc) is 2.51. The van der Waals surface area contributed by atoms with Gasteiger partial charge in [-0.05, 0) is 28.1 Å². The van der Waals surface area contributed by atoms with Gasteiger partial charge in [0.15, 0.2) is 5.78 Å². The van der Waals surface area contributed by atoms with Crippen molar-refractivity contribution in [2.45, 2.75) is 13.2 Å². The Labute approximate surface area is 141 Å². The van der Waals surface area contributed by atoms with Gasteiger partial charge < -0.3 is 4.74 Å². The zero-order chi connectivity index (χ0) is 17.9. The Balaban J connectivity index is 2.37. The van der Waals surface area contributed by atoms with Crippen LogP contribution in [0.25, 0.3) is 0 Å². The molecule has 0 unspecified atom stereocenters. The molecule has 2 aromatic rings. The number of pyridine rings is 1. The molecule has 0 saturated heterocycles. The molecule has 0 aliphatic heterocycles. The molecule has 126 valence electrons. The number of halogens is 3. The van der Waals surface area contributed by atoms with Crippen molar-refractivity contribution in [2.75, 3.05) is 0 Å². The van der Waals surface area contributed by atoms with Crippen LogP contribution in [0.1, 0.15) is 10.4 Å². The second kappa shape index (κ2) is 7.30. The first-order valence-corrected chi connectivity index (χ1v) is 7.20. The van der Waals surface area contributed by atoms with E-state index in [4.69, 9.17) is 0 Å². The van der Waals surface area contributed by atoms with Gasteiger partial charge in [-0.3, -0.25) is 24.3 Å². The van der Waals surface area contributed by atoms with E-state index in [9.17, 15) is 28.5 Å². The number of aromatic nitrogens is 1. The Bertz CT molecular complexity index is 853. The van der Waals surface area contributed by atoms with E-state index in [1.54, 1.807) is 0 Å². The van der Waals surface area contributed by atoms with Gasteiger partial charge in [-0.1, -0.05) is 12.1 Å². The monoisotopic (exact) mass is 402 g/mol. The van der Waals surface area contributed by atoms with Gasteiger partial charge in [-0.15, -0.1) is 0 Å². The van der Waals surface area contributed by atoms with Gasteiger partial charge >= 0.3 is 6.61 Å². The molecular weight excluding hydrogens is 394 g/mol. The molecule has 0 atom stereocenters. The van der Waals surface area contributed by atoms with Crippen molar-refractivity contribution in [1.29, 1.82) is 0 Å². The number of nitro groups is 1. The molecule has 0 aliphatic carbocycles. The first kappa shape index (κ1) is 17.7. The summed E-state index contributed by atoms with van der Waals surface area (Å²) in [4.78, 5) is 34.4. The summed E-state index contributed by atoms with van der Waals surface area (Å²) in [5.41, 5.74) is -1.22. The molecule has 2 rings (SSSR count). The van der Waals surface area contributed by atoms with Gasteiger partial charge in [-0.25, -0.2) is 0 Å². The van der Waals surface area contributed by atoms with Crippen molar-refractivity contribution in [1.82, 2.24) is 4.57 Å². The molecule has 0 fully saturated rings. The van der Waals surface area contributed by atoms with E-state index in [1.807, 2.05) is 0 Å². The van der Waals surface area contributed by atoms with Crippen LogP contribution in [-0.4, -0.2) is 21.9 Å². The van der Waals surface area contributed by atoms with Crippen molar-refractivity contribution in [3.63, 3.8) is 0 Å². The fraction of sp³-hybridized carbons (Fsp3) is 0.143. The Morgan fingerprint density at radius 1 is 1.38 bits per heavy atom. The van der Waals surface area contributed by atoms with Crippen LogP contribution < -0.4 is 10.3 Å². The van der Waals surface area contributed by atoms with E-state index in [-0.39, 0.29) is 15.8 Å². The number of ketones is 1. The predicted molar refractivity (Wildman–Crippen MR) is 82.5 cm³/mol. The normalized spacial score (nSPS) is 10.7. The molecular formula is C14H9BrF2N2O5. The van der Waals surface area contributed by atoms with E-state index in [1.165, 1.54) is 24.3 Å². The van der Waals surface area contributed by atoms with E-state index in [0.717, 1.165) is 16.8 Å². The van der Waals surface area contributed by atoms with Crippen LogP contribution in [0.2, 0.25) is 0 Å². The SMILES string of the molecule is O=C(Cn1cc([N+](=O)[O-])cc(Br)c1=O)c1ccccc1OC(F)F. The summed E-state index contributed by atoms with van der Waals surface area (Å²) < 4.78 is 29.7. The third kappa shape index (κ3) is 4.02. The molecule has 10 heteroatoms. The zero-order valence-electron chi connectivity index (χ0n) is 11.8. The maximum absolute atomic E-state index is 12.4. The Morgan fingerprint density at radius 3 is 2.67 bits per heavy atom. The molecule has 0 saturated carbocycles. The van der Waals surface area contributed by atoms with Gasteiger partial charge in [0.2, 0.25) is 0 Å². The molecule has 0 aliphatic rings. The van der Waals surface area contributed by atoms with Crippen molar-refractivity contribution < 1.29 is 23.2 Å². The number of hydrogen-bond donors (Lipinski definition) is 0. The topological polar surface area (TPSA) is 91.4 Å². The fourth-order valence-corrected chi connectivity index (χ4v) is 2.40. The summed E-state index contributed by atoms with van der Waals surface area (Å²) in [7, 11) is 0. The molecule has 1 heterocycles. The lowest BCUT2D eigenvalue weighted by atomic mass is 10.1. The number of rotatable bonds is 6. The number of Topliss-reactive ketones (excluding diaryl/α,β-unsaturated/α-hetero) is 1. The highest BCUT2D eigenvalue weighted by molar-refractivity contribution is 9.10. The van der Waals surface area contributed by atoms with E-state index >= 15 is 0 Å². The number of alkyl halides is 2. The summed E-state index contributed by atoms with van der Waals surface area (Å²) >= 11 is 2.89. The maximum atomic E-state index is 12.4. The highest BCUT2D eigenvalue weighted by Gasteiger charge is 2.18. The lowest BCUT2D eigenvalue weighted by Crippen LogP contribution is -2.25. The predicted octanol–water partition coefficient (Wildman–Crippen LogP) is 3.00. The zero-order valence-corrected chi connectivity index (χ0v) is 13.4. The summed E-state index contributed by atoms with van der Waals surface area (Å²) in [5, 5.41) is 10.8. The molecule has 0 spiro atoms. The van der Waals surface area contributed by atoms with Crippen LogP contribution in [0.4, 0.5) is 14.5 Å². The lowest BCUT2D eigenvalue weighted by molar-refractivity contribution is -0.385. The van der Waals surface area contributed by atoms with Gasteiger partial charge in [0.25, 0.3) is 11.2 Å². The lowest BCUT2D eigenvalue weighted by Gasteiger charge is -2.10. The average molecular weight is 403 g/mol. The van der Waals surface area contributed by atoms with Crippen molar-refractivity contribution >= 4 is 27.4 Å². The van der Waals surface area contributed by atoms with Crippen LogP contribution >= 0.6 is 15.9 Å². The molecule has 1 aromatic carbocycles. The fourth-order valence-electron chi connectivity index (χ4n) is 1.94. The van der Waals surface area contributed by atoms with Gasteiger partial charge in [0.05, 0.1) is 27.7 Å². The highest BCUT2D eigenvalue weighted by Crippen LogP contribution is 2.21. The minimum absolute atomic E-state index is 0.0957. The van der Waals surface area contributed by atoms with Gasteiger partial charge in [0, 0.05) is 6.07 Å². The van der Waals surface area contributed by atoms with Crippen molar-refractivity contribution in [2.24, 2.45) is 0 Å². The summed E-state index contributed by atoms with van der Waals surface area (Å²) in [6.45, 7) is -3.68. The van der Waals surface area contributed by atoms with E-state index < -0.39 is 35.1 Å². The standard InChI is InChI=1S/C14H9BrF2N2O5/c15-10-5-8(19(22)23)6-18(13(10)21)7-11(20)9-3-1-2-4-12(9)24-14(16)17/h1-6,14H,7H2. The number of para-hydroxylation sites is 1. The quantitative estimate of drug-likeness (QED) is 0.420. The third-order valence-corrected chi connectivity index (χ3v) is 3.52. The number of nitrogens with zero attached hydrogens (tertiary/aromatic N) is 2. The largest absolute Gasteiger partial charge is 0.434 e. The molecule has 24 heavy (non-hydrogen) atoms. The van der Waals surface area contributed by atoms with Crippen LogP contribution in [0.15, 0.2) is 45.8 Å². The molecule has 0 radical (unpaired) electrons. The Kier molecular flexibility index (Phi) is 5.39. The Morgan fingerprint density at radius 2 is 2.04 bits per heavy atom. The van der Waals surface area contributed by atoms with Crippen LogP contribution in [-0.2, 0) is 6.54 Å². The summed E-state index contributed by atoms with van der Waals surface area (Å²) in [5.74, 6) is -1.05. The molecule has 7 nitrogen and oxygen atoms in total.